The van der Waals surface area contributed by atoms with Crippen LogP contribution in [0.15, 0.2) is 65.4 Å². The van der Waals surface area contributed by atoms with E-state index in [1.165, 1.54) is 6.26 Å². The van der Waals surface area contributed by atoms with Gasteiger partial charge >= 0.3 is 5.91 Å². The molecule has 7 nitrogen and oxygen atoms in total. The van der Waals surface area contributed by atoms with Crippen LogP contribution in [0.5, 0.6) is 5.75 Å². The molecule has 122 valence electrons. The average molecular weight is 325 g/mol. The second-order valence-corrected chi connectivity index (χ2v) is 4.87. The maximum Gasteiger partial charge on any atom is 0.305 e. The third-order valence-electron chi connectivity index (χ3n) is 3.22. The van der Waals surface area contributed by atoms with Crippen LogP contribution in [-0.4, -0.2) is 16.8 Å². The number of aromatic amines is 1. The number of benzene rings is 1. The van der Waals surface area contributed by atoms with Gasteiger partial charge in [0, 0.05) is 11.8 Å². The minimum Gasteiger partial charge on any atom is -0.489 e. The van der Waals surface area contributed by atoms with Crippen LogP contribution in [-0.2, 0) is 6.61 Å². The number of hydrogen-bond donors (Lipinski definition) is 3. The van der Waals surface area contributed by atoms with E-state index in [-0.39, 0.29) is 12.4 Å². The lowest BCUT2D eigenvalue weighted by atomic mass is 10.2. The van der Waals surface area contributed by atoms with Gasteiger partial charge in [-0.25, -0.2) is 0 Å². The van der Waals surface area contributed by atoms with Crippen molar-refractivity contribution in [3.05, 3.63) is 78.0 Å². The highest BCUT2D eigenvalue weighted by molar-refractivity contribution is 5.97. The van der Waals surface area contributed by atoms with Gasteiger partial charge in [0.1, 0.15) is 18.1 Å². The third-order valence-corrected chi connectivity index (χ3v) is 3.22. The zero-order valence-corrected chi connectivity index (χ0v) is 12.6. The molecular formula is C17H15N3O4. The summed E-state index contributed by atoms with van der Waals surface area (Å²) < 4.78 is 10.8. The van der Waals surface area contributed by atoms with Crippen LogP contribution in [0.4, 0.5) is 0 Å². The molecule has 0 spiro atoms. The number of aromatic nitrogens is 1. The average Bonchev–Trinajstić information content (AvgIpc) is 3.30. The molecule has 0 aliphatic rings. The van der Waals surface area contributed by atoms with Crippen molar-refractivity contribution in [1.29, 1.82) is 0 Å². The third kappa shape index (κ3) is 3.64. The molecule has 0 radical (unpaired) electrons. The highest BCUT2D eigenvalue weighted by atomic mass is 16.5. The van der Waals surface area contributed by atoms with Gasteiger partial charge in [0.15, 0.2) is 5.76 Å². The normalized spacial score (nSPS) is 10.2. The number of nitrogens with one attached hydrogen (secondary N) is 3. The summed E-state index contributed by atoms with van der Waals surface area (Å²) in [6, 6.07) is 14.1. The molecule has 0 saturated carbocycles. The Bertz CT molecular complexity index is 810. The minimum absolute atomic E-state index is 0.0812. The molecule has 0 unspecified atom stereocenters. The first-order valence-electron chi connectivity index (χ1n) is 7.22. The number of amides is 2. The van der Waals surface area contributed by atoms with Gasteiger partial charge in [-0.1, -0.05) is 18.2 Å². The summed E-state index contributed by atoms with van der Waals surface area (Å²) in [5.41, 5.74) is 5.52. The Balaban J connectivity index is 1.57. The molecule has 2 heterocycles. The quantitative estimate of drug-likeness (QED) is 0.627. The van der Waals surface area contributed by atoms with E-state index in [0.29, 0.717) is 17.0 Å². The van der Waals surface area contributed by atoms with Crippen molar-refractivity contribution >= 4 is 11.8 Å². The number of H-pyrrole nitrogens is 1. The van der Waals surface area contributed by atoms with Gasteiger partial charge in [0.2, 0.25) is 0 Å². The molecule has 24 heavy (non-hydrogen) atoms. The Morgan fingerprint density at radius 3 is 2.54 bits per heavy atom. The van der Waals surface area contributed by atoms with E-state index in [1.807, 2.05) is 30.3 Å². The second-order valence-electron chi connectivity index (χ2n) is 4.87. The summed E-state index contributed by atoms with van der Waals surface area (Å²) in [4.78, 5) is 26.6. The first kappa shape index (κ1) is 15.4. The molecular weight excluding hydrogens is 310 g/mol. The SMILES string of the molecule is O=C(NNC(=O)c1occc1COc1ccccc1)c1ccc[nH]1. The molecule has 2 aromatic heterocycles. The van der Waals surface area contributed by atoms with Crippen LogP contribution in [0.25, 0.3) is 0 Å². The van der Waals surface area contributed by atoms with Crippen LogP contribution >= 0.6 is 0 Å². The molecule has 0 aliphatic heterocycles. The zero-order valence-electron chi connectivity index (χ0n) is 12.6. The Hall–Kier alpha value is -3.48. The fourth-order valence-corrected chi connectivity index (χ4v) is 2.04. The molecule has 3 aromatic rings. The van der Waals surface area contributed by atoms with Crippen molar-refractivity contribution in [3.8, 4) is 5.75 Å². The summed E-state index contributed by atoms with van der Waals surface area (Å²) in [6.07, 6.45) is 3.01. The predicted molar refractivity (Wildman–Crippen MR) is 85.2 cm³/mol. The second kappa shape index (κ2) is 7.19. The number of ether oxygens (including phenoxy) is 1. The minimum atomic E-state index is -0.563. The lowest BCUT2D eigenvalue weighted by Gasteiger charge is -2.07. The summed E-state index contributed by atoms with van der Waals surface area (Å²) in [5.74, 6) is -0.253. The Kier molecular flexibility index (Phi) is 4.62. The van der Waals surface area contributed by atoms with E-state index in [2.05, 4.69) is 15.8 Å². The highest BCUT2D eigenvalue weighted by Gasteiger charge is 2.17. The number of para-hydroxylation sites is 1. The standard InChI is InChI=1S/C17H15N3O4/c21-16(14-7-4-9-18-14)19-20-17(22)15-12(8-10-23-15)11-24-13-5-2-1-3-6-13/h1-10,18H,11H2,(H,19,21)(H,20,22). The molecule has 0 aliphatic carbocycles. The smallest absolute Gasteiger partial charge is 0.305 e. The monoisotopic (exact) mass is 325 g/mol. The van der Waals surface area contributed by atoms with Crippen molar-refractivity contribution < 1.29 is 18.7 Å². The predicted octanol–water partition coefficient (Wildman–Crippen LogP) is 2.26. The van der Waals surface area contributed by atoms with Gasteiger partial charge in [-0.15, -0.1) is 0 Å². The Morgan fingerprint density at radius 1 is 1.00 bits per heavy atom. The number of furan rings is 1. The van der Waals surface area contributed by atoms with Crippen LogP contribution in [0, 0.1) is 0 Å². The molecule has 2 amide bonds. The summed E-state index contributed by atoms with van der Waals surface area (Å²) in [7, 11) is 0. The van der Waals surface area contributed by atoms with E-state index in [0.717, 1.165) is 0 Å². The molecule has 3 rings (SSSR count). The van der Waals surface area contributed by atoms with E-state index in [1.54, 1.807) is 24.4 Å². The van der Waals surface area contributed by atoms with Gasteiger partial charge in [0.25, 0.3) is 5.91 Å². The molecule has 7 heteroatoms. The first-order chi connectivity index (χ1) is 11.7. The summed E-state index contributed by atoms with van der Waals surface area (Å²) in [5, 5.41) is 0. The van der Waals surface area contributed by atoms with Gasteiger partial charge in [0.05, 0.1) is 6.26 Å². The fraction of sp³-hybridized carbons (Fsp3) is 0.0588. The largest absolute Gasteiger partial charge is 0.489 e. The van der Waals surface area contributed by atoms with Crippen LogP contribution < -0.4 is 15.6 Å². The van der Waals surface area contributed by atoms with Gasteiger partial charge in [-0.2, -0.15) is 0 Å². The van der Waals surface area contributed by atoms with Crippen molar-refractivity contribution in [2.24, 2.45) is 0 Å². The summed E-state index contributed by atoms with van der Waals surface area (Å²) in [6.45, 7) is 0.174. The summed E-state index contributed by atoms with van der Waals surface area (Å²) >= 11 is 0. The molecule has 0 atom stereocenters. The number of carbonyl (C=O) groups is 2. The first-order valence-corrected chi connectivity index (χ1v) is 7.22. The van der Waals surface area contributed by atoms with Crippen molar-refractivity contribution in [2.45, 2.75) is 6.61 Å². The van der Waals surface area contributed by atoms with Gasteiger partial charge in [-0.3, -0.25) is 20.4 Å². The zero-order chi connectivity index (χ0) is 16.8. The van der Waals surface area contributed by atoms with Crippen molar-refractivity contribution in [2.75, 3.05) is 0 Å². The van der Waals surface area contributed by atoms with Gasteiger partial charge < -0.3 is 14.1 Å². The van der Waals surface area contributed by atoms with Crippen LogP contribution in [0.2, 0.25) is 0 Å². The maximum absolute atomic E-state index is 12.1. The lowest BCUT2D eigenvalue weighted by Crippen LogP contribution is -2.42. The van der Waals surface area contributed by atoms with Crippen molar-refractivity contribution in [1.82, 2.24) is 15.8 Å². The molecule has 1 aromatic carbocycles. The number of carbonyl (C=O) groups excluding carboxylic acids is 2. The fourth-order valence-electron chi connectivity index (χ4n) is 2.04. The topological polar surface area (TPSA) is 96.4 Å². The van der Waals surface area contributed by atoms with Crippen LogP contribution in [0.1, 0.15) is 26.6 Å². The molecule has 0 fully saturated rings. The molecule has 0 saturated heterocycles. The maximum atomic E-state index is 12.1. The van der Waals surface area contributed by atoms with E-state index < -0.39 is 11.8 Å². The number of rotatable bonds is 5. The van der Waals surface area contributed by atoms with Crippen LogP contribution in [0.3, 0.4) is 0 Å². The highest BCUT2D eigenvalue weighted by Crippen LogP contribution is 2.15. The Morgan fingerprint density at radius 2 is 1.79 bits per heavy atom. The lowest BCUT2D eigenvalue weighted by molar-refractivity contribution is 0.0827. The molecule has 3 N–H and O–H groups in total. The molecule has 0 bridgehead atoms. The van der Waals surface area contributed by atoms with Gasteiger partial charge in [-0.05, 0) is 30.3 Å². The number of hydrazine groups is 1. The van der Waals surface area contributed by atoms with E-state index >= 15 is 0 Å². The van der Waals surface area contributed by atoms with Crippen molar-refractivity contribution in [3.63, 3.8) is 0 Å². The van der Waals surface area contributed by atoms with E-state index in [9.17, 15) is 9.59 Å². The number of hydrogen-bond acceptors (Lipinski definition) is 4. The Labute approximate surface area is 137 Å². The van der Waals surface area contributed by atoms with E-state index in [4.69, 9.17) is 9.15 Å².